The fourth-order valence-corrected chi connectivity index (χ4v) is 3.38. The molecule has 2 aromatic rings. The molecule has 23 heavy (non-hydrogen) atoms. The number of aryl methyl sites for hydroxylation is 1. The molecule has 1 amide bonds. The number of pyridine rings is 1. The summed E-state index contributed by atoms with van der Waals surface area (Å²) in [5.41, 5.74) is 2.30. The van der Waals surface area contributed by atoms with Crippen molar-refractivity contribution in [3.05, 3.63) is 35.5 Å². The summed E-state index contributed by atoms with van der Waals surface area (Å²) in [6, 6.07) is 7.92. The van der Waals surface area contributed by atoms with Gasteiger partial charge < -0.3 is 10.1 Å². The number of benzene rings is 1. The minimum atomic E-state index is -0.0153. The van der Waals surface area contributed by atoms with Gasteiger partial charge >= 0.3 is 0 Å². The van der Waals surface area contributed by atoms with Crippen LogP contribution in [0.3, 0.4) is 0 Å². The number of nitrogens with zero attached hydrogens (tertiary/aromatic N) is 1. The van der Waals surface area contributed by atoms with Gasteiger partial charge in [-0.1, -0.05) is 19.8 Å². The first kappa shape index (κ1) is 15.8. The molecule has 1 heterocycles. The molecule has 1 aromatic heterocycles. The zero-order valence-corrected chi connectivity index (χ0v) is 14.1. The van der Waals surface area contributed by atoms with Crippen molar-refractivity contribution >= 4 is 16.8 Å². The zero-order chi connectivity index (χ0) is 16.4. The van der Waals surface area contributed by atoms with Crippen molar-refractivity contribution in [1.29, 1.82) is 0 Å². The second-order valence-electron chi connectivity index (χ2n) is 6.52. The molecule has 1 aromatic carbocycles. The van der Waals surface area contributed by atoms with E-state index in [1.54, 1.807) is 7.11 Å². The van der Waals surface area contributed by atoms with E-state index in [0.717, 1.165) is 28.8 Å². The number of amides is 1. The molecule has 3 rings (SSSR count). The van der Waals surface area contributed by atoms with E-state index >= 15 is 0 Å². The highest BCUT2D eigenvalue weighted by Gasteiger charge is 2.24. The van der Waals surface area contributed by atoms with Gasteiger partial charge in [-0.15, -0.1) is 0 Å². The Hall–Kier alpha value is -2.10. The van der Waals surface area contributed by atoms with Gasteiger partial charge in [0.15, 0.2) is 0 Å². The summed E-state index contributed by atoms with van der Waals surface area (Å²) in [5.74, 6) is 1.30. The first-order chi connectivity index (χ1) is 11.1. The summed E-state index contributed by atoms with van der Waals surface area (Å²) in [4.78, 5) is 17.3. The zero-order valence-electron chi connectivity index (χ0n) is 14.1. The van der Waals surface area contributed by atoms with Crippen LogP contribution in [0.4, 0.5) is 0 Å². The van der Waals surface area contributed by atoms with Crippen LogP contribution in [0.5, 0.6) is 5.75 Å². The molecular weight excluding hydrogens is 288 g/mol. The van der Waals surface area contributed by atoms with Crippen molar-refractivity contribution < 1.29 is 9.53 Å². The lowest BCUT2D eigenvalue weighted by molar-refractivity contribution is 0.0909. The van der Waals surface area contributed by atoms with Crippen LogP contribution >= 0.6 is 0 Å². The van der Waals surface area contributed by atoms with Gasteiger partial charge in [-0.3, -0.25) is 9.78 Å². The Morgan fingerprint density at radius 3 is 2.78 bits per heavy atom. The Kier molecular flexibility index (Phi) is 4.51. The summed E-state index contributed by atoms with van der Waals surface area (Å²) < 4.78 is 5.26. The molecular formula is C19H24N2O2. The third-order valence-corrected chi connectivity index (χ3v) is 4.89. The van der Waals surface area contributed by atoms with Gasteiger partial charge in [-0.05, 0) is 49.9 Å². The van der Waals surface area contributed by atoms with Crippen LogP contribution in [-0.4, -0.2) is 24.0 Å². The minimum absolute atomic E-state index is 0.0153. The molecule has 1 aliphatic carbocycles. The number of ether oxygens (including phenoxy) is 1. The van der Waals surface area contributed by atoms with Crippen molar-refractivity contribution in [2.75, 3.05) is 7.11 Å². The van der Waals surface area contributed by atoms with E-state index in [1.165, 1.54) is 19.3 Å². The lowest BCUT2D eigenvalue weighted by atomic mass is 9.86. The van der Waals surface area contributed by atoms with Crippen LogP contribution in [0.15, 0.2) is 24.3 Å². The number of hydrogen-bond donors (Lipinski definition) is 1. The molecule has 1 aliphatic rings. The van der Waals surface area contributed by atoms with Gasteiger partial charge in [0.1, 0.15) is 5.75 Å². The molecule has 0 bridgehead atoms. The number of methoxy groups -OCH3 is 1. The predicted molar refractivity (Wildman–Crippen MR) is 91.9 cm³/mol. The number of hydrogen-bond acceptors (Lipinski definition) is 3. The Balaban J connectivity index is 1.88. The lowest BCUT2D eigenvalue weighted by Gasteiger charge is -2.29. The van der Waals surface area contributed by atoms with E-state index in [2.05, 4.69) is 17.2 Å². The summed E-state index contributed by atoms with van der Waals surface area (Å²) >= 11 is 0. The van der Waals surface area contributed by atoms with Gasteiger partial charge in [0.25, 0.3) is 5.91 Å². The summed E-state index contributed by atoms with van der Waals surface area (Å²) in [6.45, 7) is 4.11. The average Bonchev–Trinajstić information content (AvgIpc) is 2.55. The van der Waals surface area contributed by atoms with Crippen molar-refractivity contribution in [2.45, 2.75) is 45.6 Å². The molecule has 122 valence electrons. The third-order valence-electron chi connectivity index (χ3n) is 4.89. The first-order valence-electron chi connectivity index (χ1n) is 8.34. The monoisotopic (exact) mass is 312 g/mol. The van der Waals surface area contributed by atoms with Gasteiger partial charge in [-0.2, -0.15) is 0 Å². The predicted octanol–water partition coefficient (Wildman–Crippen LogP) is 3.86. The van der Waals surface area contributed by atoms with Crippen LogP contribution in [0, 0.1) is 12.8 Å². The number of carbonyl (C=O) groups is 1. The third kappa shape index (κ3) is 3.31. The minimum Gasteiger partial charge on any atom is -0.497 e. The largest absolute Gasteiger partial charge is 0.497 e. The quantitative estimate of drug-likeness (QED) is 0.936. The van der Waals surface area contributed by atoms with E-state index in [-0.39, 0.29) is 11.9 Å². The molecule has 1 N–H and O–H groups in total. The van der Waals surface area contributed by atoms with Crippen molar-refractivity contribution in [3.8, 4) is 5.75 Å². The van der Waals surface area contributed by atoms with Crippen molar-refractivity contribution in [1.82, 2.24) is 10.3 Å². The second kappa shape index (κ2) is 6.57. The fraction of sp³-hybridized carbons (Fsp3) is 0.474. The van der Waals surface area contributed by atoms with Gasteiger partial charge in [0, 0.05) is 11.4 Å². The lowest BCUT2D eigenvalue weighted by Crippen LogP contribution is -2.41. The Labute approximate surface area is 137 Å². The standard InChI is InChI=1S/C19H24N2O2/c1-12-6-4-5-7-17(12)21-19(22)16-11-14-10-15(23-3)8-9-18(14)20-13(16)2/h8-12,17H,4-7H2,1-3H3,(H,21,22)/t12-,17-/m0/s1. The van der Waals surface area contributed by atoms with E-state index in [0.29, 0.717) is 11.5 Å². The molecule has 0 aliphatic heterocycles. The van der Waals surface area contributed by atoms with Crippen molar-refractivity contribution in [3.63, 3.8) is 0 Å². The van der Waals surface area contributed by atoms with Gasteiger partial charge in [0.05, 0.1) is 23.9 Å². The van der Waals surface area contributed by atoms with E-state index in [1.807, 2.05) is 31.2 Å². The molecule has 2 atom stereocenters. The van der Waals surface area contributed by atoms with E-state index in [9.17, 15) is 4.79 Å². The van der Waals surface area contributed by atoms with Crippen molar-refractivity contribution in [2.24, 2.45) is 5.92 Å². The maximum atomic E-state index is 12.7. The highest BCUT2D eigenvalue weighted by Crippen LogP contribution is 2.25. The Morgan fingerprint density at radius 2 is 2.04 bits per heavy atom. The van der Waals surface area contributed by atoms with Gasteiger partial charge in [0.2, 0.25) is 0 Å². The topological polar surface area (TPSA) is 51.2 Å². The summed E-state index contributed by atoms with van der Waals surface area (Å²) in [7, 11) is 1.64. The average molecular weight is 312 g/mol. The highest BCUT2D eigenvalue weighted by atomic mass is 16.5. The number of aromatic nitrogens is 1. The molecule has 1 saturated carbocycles. The number of nitrogens with one attached hydrogen (secondary N) is 1. The maximum absolute atomic E-state index is 12.7. The molecule has 0 unspecified atom stereocenters. The molecule has 4 heteroatoms. The SMILES string of the molecule is COc1ccc2nc(C)c(C(=O)N[C@H]3CCCC[C@@H]3C)cc2c1. The molecule has 1 fully saturated rings. The normalized spacial score (nSPS) is 21.2. The van der Waals surface area contributed by atoms with Crippen LogP contribution < -0.4 is 10.1 Å². The van der Waals surface area contributed by atoms with E-state index < -0.39 is 0 Å². The number of carbonyl (C=O) groups excluding carboxylic acids is 1. The molecule has 0 spiro atoms. The second-order valence-corrected chi connectivity index (χ2v) is 6.52. The van der Waals surface area contributed by atoms with Crippen LogP contribution in [0.1, 0.15) is 48.7 Å². The van der Waals surface area contributed by atoms with E-state index in [4.69, 9.17) is 4.74 Å². The molecule has 4 nitrogen and oxygen atoms in total. The highest BCUT2D eigenvalue weighted by molar-refractivity contribution is 5.99. The van der Waals surface area contributed by atoms with Gasteiger partial charge in [-0.25, -0.2) is 0 Å². The summed E-state index contributed by atoms with van der Waals surface area (Å²) in [6.07, 6.45) is 4.73. The smallest absolute Gasteiger partial charge is 0.253 e. The Morgan fingerprint density at radius 1 is 1.26 bits per heavy atom. The summed E-state index contributed by atoms with van der Waals surface area (Å²) in [5, 5.41) is 4.14. The first-order valence-corrected chi connectivity index (χ1v) is 8.34. The number of rotatable bonds is 3. The van der Waals surface area contributed by atoms with Crippen LogP contribution in [0.25, 0.3) is 10.9 Å². The molecule has 0 radical (unpaired) electrons. The maximum Gasteiger partial charge on any atom is 0.253 e. The van der Waals surface area contributed by atoms with Crippen LogP contribution in [-0.2, 0) is 0 Å². The Bertz CT molecular complexity index is 727. The molecule has 0 saturated heterocycles. The number of fused-ring (bicyclic) bond motifs is 1. The fourth-order valence-electron chi connectivity index (χ4n) is 3.38. The van der Waals surface area contributed by atoms with Crippen LogP contribution in [0.2, 0.25) is 0 Å².